The third-order valence-corrected chi connectivity index (χ3v) is 3.17. The summed E-state index contributed by atoms with van der Waals surface area (Å²) in [7, 11) is 2.12. The summed E-state index contributed by atoms with van der Waals surface area (Å²) >= 11 is 1.70. The van der Waals surface area contributed by atoms with Gasteiger partial charge in [0.15, 0.2) is 5.13 Å². The van der Waals surface area contributed by atoms with E-state index in [1.54, 1.807) is 11.3 Å². The Bertz CT molecular complexity index is 234. The van der Waals surface area contributed by atoms with Crippen molar-refractivity contribution in [1.29, 1.82) is 0 Å². The lowest BCUT2D eigenvalue weighted by atomic mass is 10.2. The molecule has 0 amide bonds. The Kier molecular flexibility index (Phi) is 3.96. The number of hydrogen-bond donors (Lipinski definition) is 1. The molecule has 0 spiro atoms. The lowest BCUT2D eigenvalue weighted by Crippen LogP contribution is -2.33. The molecular weight excluding hydrogens is 206 g/mol. The lowest BCUT2D eigenvalue weighted by molar-refractivity contribution is 0.684. The van der Waals surface area contributed by atoms with Crippen molar-refractivity contribution in [3.05, 3.63) is 11.6 Å². The number of hydrogen-bond acceptors (Lipinski definition) is 4. The highest BCUT2D eigenvalue weighted by atomic mass is 35.5. The predicted octanol–water partition coefficient (Wildman–Crippen LogP) is 1.36. The van der Waals surface area contributed by atoms with Crippen molar-refractivity contribution in [2.45, 2.75) is 12.5 Å². The normalized spacial score (nSPS) is 21.2. The summed E-state index contributed by atoms with van der Waals surface area (Å²) in [5.74, 6) is 0. The van der Waals surface area contributed by atoms with Crippen LogP contribution in [0.5, 0.6) is 0 Å². The molecule has 0 bridgehead atoms. The Balaban J connectivity index is 0.000000845. The third-order valence-electron chi connectivity index (χ3n) is 2.30. The largest absolute Gasteiger partial charge is 0.347 e. The van der Waals surface area contributed by atoms with Gasteiger partial charge >= 0.3 is 0 Å². The summed E-state index contributed by atoms with van der Waals surface area (Å²) in [4.78, 5) is 6.55. The second-order valence-corrected chi connectivity index (χ2v) is 3.95. The molecule has 1 aromatic heterocycles. The molecule has 0 unspecified atom stereocenters. The molecule has 1 N–H and O–H groups in total. The van der Waals surface area contributed by atoms with E-state index in [-0.39, 0.29) is 12.4 Å². The SMILES string of the molecule is CN(c1nccs1)[C@@H]1CCNC1.Cl. The summed E-state index contributed by atoms with van der Waals surface area (Å²) in [6, 6.07) is 0.635. The number of halogens is 1. The van der Waals surface area contributed by atoms with Crippen LogP contribution in [0.4, 0.5) is 5.13 Å². The minimum absolute atomic E-state index is 0. The van der Waals surface area contributed by atoms with Crippen molar-refractivity contribution >= 4 is 28.9 Å². The van der Waals surface area contributed by atoms with Crippen LogP contribution in [-0.2, 0) is 0 Å². The average Bonchev–Trinajstić information content (AvgIpc) is 2.77. The molecule has 0 saturated carbocycles. The second kappa shape index (κ2) is 4.79. The lowest BCUT2D eigenvalue weighted by Gasteiger charge is -2.22. The van der Waals surface area contributed by atoms with Gasteiger partial charge in [0.25, 0.3) is 0 Å². The van der Waals surface area contributed by atoms with E-state index in [9.17, 15) is 0 Å². The topological polar surface area (TPSA) is 28.2 Å². The van der Waals surface area contributed by atoms with Gasteiger partial charge < -0.3 is 10.2 Å². The first-order chi connectivity index (χ1) is 5.88. The first-order valence-corrected chi connectivity index (χ1v) is 5.09. The summed E-state index contributed by atoms with van der Waals surface area (Å²) in [5, 5.41) is 6.50. The van der Waals surface area contributed by atoms with Crippen LogP contribution in [0, 0.1) is 0 Å². The number of aromatic nitrogens is 1. The van der Waals surface area contributed by atoms with Gasteiger partial charge in [0.05, 0.1) is 0 Å². The van der Waals surface area contributed by atoms with Crippen LogP contribution in [0.25, 0.3) is 0 Å². The fourth-order valence-electron chi connectivity index (χ4n) is 1.52. The molecule has 0 aliphatic carbocycles. The molecular formula is C8H14ClN3S. The van der Waals surface area contributed by atoms with Crippen LogP contribution < -0.4 is 10.2 Å². The standard InChI is InChI=1S/C8H13N3S.ClH/c1-11(7-2-3-9-6-7)8-10-4-5-12-8;/h4-5,7,9H,2-3,6H2,1H3;1H/t7-;/m1./s1. The number of likely N-dealkylation sites (N-methyl/N-ethyl adjacent to an activating group) is 1. The van der Waals surface area contributed by atoms with Crippen LogP contribution in [-0.4, -0.2) is 31.2 Å². The molecule has 0 aromatic carbocycles. The van der Waals surface area contributed by atoms with E-state index >= 15 is 0 Å². The fraction of sp³-hybridized carbons (Fsp3) is 0.625. The van der Waals surface area contributed by atoms with Gasteiger partial charge in [-0.05, 0) is 13.0 Å². The zero-order valence-corrected chi connectivity index (χ0v) is 9.20. The molecule has 3 nitrogen and oxygen atoms in total. The number of nitrogens with zero attached hydrogens (tertiary/aromatic N) is 2. The minimum Gasteiger partial charge on any atom is -0.347 e. The average molecular weight is 220 g/mol. The van der Waals surface area contributed by atoms with Crippen LogP contribution in [0.15, 0.2) is 11.6 Å². The number of nitrogens with one attached hydrogen (secondary N) is 1. The van der Waals surface area contributed by atoms with Gasteiger partial charge in [0, 0.05) is 31.2 Å². The van der Waals surface area contributed by atoms with Crippen molar-refractivity contribution in [2.75, 3.05) is 25.0 Å². The van der Waals surface area contributed by atoms with Crippen molar-refractivity contribution in [1.82, 2.24) is 10.3 Å². The Hall–Kier alpha value is -0.320. The van der Waals surface area contributed by atoms with Gasteiger partial charge in [0.2, 0.25) is 0 Å². The molecule has 2 heterocycles. The highest BCUT2D eigenvalue weighted by Gasteiger charge is 2.20. The van der Waals surface area contributed by atoms with Crippen LogP contribution >= 0.6 is 23.7 Å². The molecule has 74 valence electrons. The Morgan fingerprint density at radius 3 is 3.08 bits per heavy atom. The van der Waals surface area contributed by atoms with E-state index in [4.69, 9.17) is 0 Å². The Morgan fingerprint density at radius 2 is 2.54 bits per heavy atom. The first kappa shape index (κ1) is 10.8. The maximum atomic E-state index is 4.28. The molecule has 1 saturated heterocycles. The fourth-order valence-corrected chi connectivity index (χ4v) is 2.20. The van der Waals surface area contributed by atoms with E-state index in [1.165, 1.54) is 6.42 Å². The summed E-state index contributed by atoms with van der Waals surface area (Å²) in [6.45, 7) is 2.23. The summed E-state index contributed by atoms with van der Waals surface area (Å²) < 4.78 is 0. The van der Waals surface area contributed by atoms with E-state index in [2.05, 4.69) is 22.2 Å². The Morgan fingerprint density at radius 1 is 1.69 bits per heavy atom. The monoisotopic (exact) mass is 219 g/mol. The molecule has 1 aliphatic rings. The van der Waals surface area contributed by atoms with E-state index in [0.29, 0.717) is 6.04 Å². The minimum atomic E-state index is 0. The maximum Gasteiger partial charge on any atom is 0.185 e. The second-order valence-electron chi connectivity index (χ2n) is 3.07. The van der Waals surface area contributed by atoms with E-state index < -0.39 is 0 Å². The molecule has 1 aromatic rings. The first-order valence-electron chi connectivity index (χ1n) is 4.21. The molecule has 0 radical (unpaired) electrons. The van der Waals surface area contributed by atoms with Gasteiger partial charge in [-0.25, -0.2) is 4.98 Å². The molecule has 1 aliphatic heterocycles. The van der Waals surface area contributed by atoms with Crippen molar-refractivity contribution in [3.63, 3.8) is 0 Å². The van der Waals surface area contributed by atoms with Gasteiger partial charge in [-0.1, -0.05) is 0 Å². The van der Waals surface area contributed by atoms with Crippen molar-refractivity contribution in [3.8, 4) is 0 Å². The highest BCUT2D eigenvalue weighted by Crippen LogP contribution is 2.20. The molecule has 13 heavy (non-hydrogen) atoms. The quantitative estimate of drug-likeness (QED) is 0.815. The highest BCUT2D eigenvalue weighted by molar-refractivity contribution is 7.13. The maximum absolute atomic E-state index is 4.28. The predicted molar refractivity (Wildman–Crippen MR) is 59.0 cm³/mol. The Labute approximate surface area is 88.6 Å². The number of anilines is 1. The van der Waals surface area contributed by atoms with Crippen molar-refractivity contribution < 1.29 is 0 Å². The molecule has 1 atom stereocenters. The van der Waals surface area contributed by atoms with Crippen LogP contribution in [0.3, 0.4) is 0 Å². The number of thiazole rings is 1. The van der Waals surface area contributed by atoms with Gasteiger partial charge in [-0.2, -0.15) is 0 Å². The van der Waals surface area contributed by atoms with Gasteiger partial charge in [-0.15, -0.1) is 23.7 Å². The molecule has 5 heteroatoms. The summed E-state index contributed by atoms with van der Waals surface area (Å²) in [5.41, 5.74) is 0. The smallest absolute Gasteiger partial charge is 0.185 e. The van der Waals surface area contributed by atoms with Gasteiger partial charge in [-0.3, -0.25) is 0 Å². The van der Waals surface area contributed by atoms with Crippen LogP contribution in [0.2, 0.25) is 0 Å². The van der Waals surface area contributed by atoms with Crippen LogP contribution in [0.1, 0.15) is 6.42 Å². The zero-order chi connectivity index (χ0) is 8.39. The molecule has 2 rings (SSSR count). The van der Waals surface area contributed by atoms with Crippen molar-refractivity contribution in [2.24, 2.45) is 0 Å². The van der Waals surface area contributed by atoms with E-state index in [0.717, 1.165) is 18.2 Å². The third kappa shape index (κ3) is 2.33. The number of rotatable bonds is 2. The van der Waals surface area contributed by atoms with Gasteiger partial charge in [0.1, 0.15) is 0 Å². The van der Waals surface area contributed by atoms with E-state index in [1.807, 2.05) is 11.6 Å². The summed E-state index contributed by atoms with van der Waals surface area (Å²) in [6.07, 6.45) is 3.09. The molecule has 1 fully saturated rings. The zero-order valence-electron chi connectivity index (χ0n) is 7.56.